The van der Waals surface area contributed by atoms with Crippen LogP contribution in [0.5, 0.6) is 5.75 Å². The van der Waals surface area contributed by atoms with E-state index in [-0.39, 0.29) is 6.54 Å². The van der Waals surface area contributed by atoms with Crippen molar-refractivity contribution in [2.75, 3.05) is 25.5 Å². The van der Waals surface area contributed by atoms with Gasteiger partial charge >= 0.3 is 0 Å². The van der Waals surface area contributed by atoms with Gasteiger partial charge in [0, 0.05) is 18.3 Å². The van der Waals surface area contributed by atoms with Crippen molar-refractivity contribution in [2.24, 2.45) is 0 Å². The van der Waals surface area contributed by atoms with Crippen molar-refractivity contribution in [1.82, 2.24) is 4.31 Å². The van der Waals surface area contributed by atoms with Crippen LogP contribution in [0, 0.1) is 11.6 Å². The van der Waals surface area contributed by atoms with E-state index in [0.717, 1.165) is 18.2 Å². The third kappa shape index (κ3) is 4.36. The molecular weight excluding hydrogens is 366 g/mol. The van der Waals surface area contributed by atoms with Crippen molar-refractivity contribution in [2.45, 2.75) is 11.8 Å². The van der Waals surface area contributed by atoms with E-state index in [1.165, 1.54) is 14.0 Å². The predicted molar refractivity (Wildman–Crippen MR) is 92.4 cm³/mol. The standard InChI is InChI=1S/C17H18F2N2O4S/c1-3-21(26(23,24)17-14(18)8-5-9-15(17)19)11-16(22)20-12-6-4-7-13(10-12)25-2/h4-10H,3,11H2,1-2H3,(H,20,22). The summed E-state index contributed by atoms with van der Waals surface area (Å²) in [5, 5.41) is 2.52. The average Bonchev–Trinajstić information content (AvgIpc) is 2.59. The van der Waals surface area contributed by atoms with Crippen LogP contribution in [0.1, 0.15) is 6.92 Å². The Balaban J connectivity index is 2.21. The number of rotatable bonds is 7. The number of ether oxygens (including phenoxy) is 1. The molecule has 0 spiro atoms. The summed E-state index contributed by atoms with van der Waals surface area (Å²) < 4.78 is 58.5. The van der Waals surface area contributed by atoms with Gasteiger partial charge in [0.1, 0.15) is 17.4 Å². The number of anilines is 1. The van der Waals surface area contributed by atoms with E-state index in [0.29, 0.717) is 15.7 Å². The van der Waals surface area contributed by atoms with Crippen LogP contribution >= 0.6 is 0 Å². The fourth-order valence-electron chi connectivity index (χ4n) is 2.29. The number of halogens is 2. The van der Waals surface area contributed by atoms with E-state index in [1.54, 1.807) is 24.3 Å². The topological polar surface area (TPSA) is 75.7 Å². The Kier molecular flexibility index (Phi) is 6.27. The average molecular weight is 384 g/mol. The first-order valence-corrected chi connectivity index (χ1v) is 9.11. The minimum Gasteiger partial charge on any atom is -0.497 e. The molecule has 2 rings (SSSR count). The van der Waals surface area contributed by atoms with Gasteiger partial charge in [0.25, 0.3) is 0 Å². The van der Waals surface area contributed by atoms with Crippen LogP contribution in [0.15, 0.2) is 47.4 Å². The molecule has 9 heteroatoms. The molecule has 0 aliphatic heterocycles. The van der Waals surface area contributed by atoms with Gasteiger partial charge in [0.15, 0.2) is 4.90 Å². The Labute approximate surface area is 150 Å². The summed E-state index contributed by atoms with van der Waals surface area (Å²) >= 11 is 0. The smallest absolute Gasteiger partial charge is 0.249 e. The minimum absolute atomic E-state index is 0.137. The molecule has 140 valence electrons. The molecule has 0 saturated carbocycles. The van der Waals surface area contributed by atoms with Crippen molar-refractivity contribution in [1.29, 1.82) is 0 Å². The normalized spacial score (nSPS) is 11.4. The second-order valence-corrected chi connectivity index (χ2v) is 7.14. The number of methoxy groups -OCH3 is 1. The lowest BCUT2D eigenvalue weighted by atomic mass is 10.3. The predicted octanol–water partition coefficient (Wildman–Crippen LogP) is 2.62. The van der Waals surface area contributed by atoms with Gasteiger partial charge in [-0.1, -0.05) is 19.1 Å². The minimum atomic E-state index is -4.51. The van der Waals surface area contributed by atoms with Gasteiger partial charge in [0.2, 0.25) is 15.9 Å². The third-order valence-corrected chi connectivity index (χ3v) is 5.52. The van der Waals surface area contributed by atoms with Gasteiger partial charge in [-0.15, -0.1) is 0 Å². The molecule has 0 bridgehead atoms. The van der Waals surface area contributed by atoms with Crippen molar-refractivity contribution in [3.8, 4) is 5.75 Å². The molecule has 0 atom stereocenters. The first-order chi connectivity index (χ1) is 12.3. The Morgan fingerprint density at radius 2 is 1.77 bits per heavy atom. The highest BCUT2D eigenvalue weighted by atomic mass is 32.2. The fourth-order valence-corrected chi connectivity index (χ4v) is 3.80. The summed E-state index contributed by atoms with van der Waals surface area (Å²) in [7, 11) is -3.05. The number of amides is 1. The van der Waals surface area contributed by atoms with Gasteiger partial charge in [-0.05, 0) is 24.3 Å². The van der Waals surface area contributed by atoms with Crippen LogP contribution in [0.4, 0.5) is 14.5 Å². The Hall–Kier alpha value is -2.52. The summed E-state index contributed by atoms with van der Waals surface area (Å²) in [6.45, 7) is 0.737. The lowest BCUT2D eigenvalue weighted by Gasteiger charge is -2.20. The molecule has 0 aromatic heterocycles. The number of benzene rings is 2. The van der Waals surface area contributed by atoms with Gasteiger partial charge < -0.3 is 10.1 Å². The number of hydrogen-bond donors (Lipinski definition) is 1. The zero-order valence-electron chi connectivity index (χ0n) is 14.2. The summed E-state index contributed by atoms with van der Waals surface area (Å²) in [6.07, 6.45) is 0. The second-order valence-electron chi connectivity index (χ2n) is 5.26. The van der Waals surface area contributed by atoms with E-state index in [4.69, 9.17) is 4.74 Å². The van der Waals surface area contributed by atoms with Crippen LogP contribution in [-0.4, -0.2) is 38.8 Å². The number of nitrogens with zero attached hydrogens (tertiary/aromatic N) is 1. The summed E-state index contributed by atoms with van der Waals surface area (Å²) in [5.41, 5.74) is 0.403. The van der Waals surface area contributed by atoms with Crippen molar-refractivity contribution in [3.63, 3.8) is 0 Å². The molecule has 0 heterocycles. The number of carbonyl (C=O) groups is 1. The van der Waals surface area contributed by atoms with E-state index in [9.17, 15) is 22.0 Å². The monoisotopic (exact) mass is 384 g/mol. The first kappa shape index (κ1) is 19.8. The highest BCUT2D eigenvalue weighted by Crippen LogP contribution is 2.23. The number of sulfonamides is 1. The van der Waals surface area contributed by atoms with E-state index >= 15 is 0 Å². The molecule has 0 radical (unpaired) electrons. The third-order valence-electron chi connectivity index (χ3n) is 3.54. The van der Waals surface area contributed by atoms with Gasteiger partial charge in [-0.3, -0.25) is 4.79 Å². The Morgan fingerprint density at radius 1 is 1.15 bits per heavy atom. The highest BCUT2D eigenvalue weighted by Gasteiger charge is 2.31. The Bertz CT molecular complexity index is 883. The molecule has 2 aromatic rings. The summed E-state index contributed by atoms with van der Waals surface area (Å²) in [4.78, 5) is 11.1. The van der Waals surface area contributed by atoms with E-state index in [2.05, 4.69) is 5.32 Å². The molecular formula is C17H18F2N2O4S. The number of hydrogen-bond acceptors (Lipinski definition) is 4. The molecule has 26 heavy (non-hydrogen) atoms. The van der Waals surface area contributed by atoms with Gasteiger partial charge in [0.05, 0.1) is 13.7 Å². The second kappa shape index (κ2) is 8.24. The summed E-state index contributed by atoms with van der Waals surface area (Å²) in [6, 6.07) is 9.24. The molecule has 1 N–H and O–H groups in total. The van der Waals surface area contributed by atoms with Crippen molar-refractivity contribution in [3.05, 3.63) is 54.1 Å². The van der Waals surface area contributed by atoms with E-state index < -0.39 is 39.0 Å². The molecule has 6 nitrogen and oxygen atoms in total. The lowest BCUT2D eigenvalue weighted by molar-refractivity contribution is -0.116. The van der Waals surface area contributed by atoms with Gasteiger partial charge in [-0.25, -0.2) is 17.2 Å². The molecule has 0 aliphatic carbocycles. The van der Waals surface area contributed by atoms with Crippen LogP contribution in [-0.2, 0) is 14.8 Å². The largest absolute Gasteiger partial charge is 0.497 e. The van der Waals surface area contributed by atoms with Gasteiger partial charge in [-0.2, -0.15) is 4.31 Å². The molecule has 0 saturated heterocycles. The maximum absolute atomic E-state index is 13.9. The fraction of sp³-hybridized carbons (Fsp3) is 0.235. The van der Waals surface area contributed by atoms with Crippen LogP contribution in [0.25, 0.3) is 0 Å². The van der Waals surface area contributed by atoms with E-state index in [1.807, 2.05) is 0 Å². The number of likely N-dealkylation sites (N-methyl/N-ethyl adjacent to an activating group) is 1. The number of nitrogens with one attached hydrogen (secondary N) is 1. The van der Waals surface area contributed by atoms with Crippen molar-refractivity contribution < 1.29 is 26.7 Å². The van der Waals surface area contributed by atoms with Crippen LogP contribution in [0.2, 0.25) is 0 Å². The molecule has 1 amide bonds. The zero-order valence-corrected chi connectivity index (χ0v) is 15.0. The van der Waals surface area contributed by atoms with Crippen LogP contribution in [0.3, 0.4) is 0 Å². The zero-order chi connectivity index (χ0) is 19.3. The molecule has 2 aromatic carbocycles. The Morgan fingerprint density at radius 3 is 2.35 bits per heavy atom. The number of carbonyl (C=O) groups excluding carboxylic acids is 1. The molecule has 0 unspecified atom stereocenters. The summed E-state index contributed by atoms with van der Waals surface area (Å²) in [5.74, 6) is -2.56. The van der Waals surface area contributed by atoms with Crippen molar-refractivity contribution >= 4 is 21.6 Å². The molecule has 0 fully saturated rings. The van der Waals surface area contributed by atoms with Crippen LogP contribution < -0.4 is 10.1 Å². The maximum Gasteiger partial charge on any atom is 0.249 e. The highest BCUT2D eigenvalue weighted by molar-refractivity contribution is 7.89. The molecule has 0 aliphatic rings. The quantitative estimate of drug-likeness (QED) is 0.796. The first-order valence-electron chi connectivity index (χ1n) is 7.67. The maximum atomic E-state index is 13.9. The lowest BCUT2D eigenvalue weighted by Crippen LogP contribution is -2.38. The SMILES string of the molecule is CCN(CC(=O)Nc1cccc(OC)c1)S(=O)(=O)c1c(F)cccc1F.